The van der Waals surface area contributed by atoms with Crippen molar-refractivity contribution < 1.29 is 0 Å². The smallest absolute Gasteiger partial charge is 0.218 e. The van der Waals surface area contributed by atoms with E-state index in [2.05, 4.69) is 10.1 Å². The Morgan fingerprint density at radius 1 is 1.38 bits per heavy atom. The van der Waals surface area contributed by atoms with Gasteiger partial charge < -0.3 is 11.5 Å². The molecule has 1 fully saturated rings. The van der Waals surface area contributed by atoms with E-state index in [1.54, 1.807) is 11.7 Å². The van der Waals surface area contributed by atoms with Crippen LogP contribution in [-0.2, 0) is 12.6 Å². The minimum atomic E-state index is -0.324. The molecule has 1 saturated carbocycles. The van der Waals surface area contributed by atoms with E-state index in [1.165, 1.54) is 0 Å². The summed E-state index contributed by atoms with van der Waals surface area (Å²) in [5.74, 6) is 1.14. The van der Waals surface area contributed by atoms with E-state index in [9.17, 15) is 0 Å². The monoisotopic (exact) mass is 181 g/mol. The van der Waals surface area contributed by atoms with Crippen LogP contribution in [0.3, 0.4) is 0 Å². The lowest BCUT2D eigenvalue weighted by atomic mass is 9.99. The molecule has 13 heavy (non-hydrogen) atoms. The first-order valence-electron chi connectivity index (χ1n) is 4.58. The molecule has 1 aliphatic rings. The minimum Gasteiger partial charge on any atom is -0.368 e. The Labute approximate surface area is 77.1 Å². The fourth-order valence-electron chi connectivity index (χ4n) is 1.84. The van der Waals surface area contributed by atoms with Crippen molar-refractivity contribution in [3.8, 4) is 0 Å². The molecule has 4 N–H and O–H groups in total. The summed E-state index contributed by atoms with van der Waals surface area (Å²) in [6.45, 7) is 0. The van der Waals surface area contributed by atoms with Crippen LogP contribution in [0.25, 0.3) is 0 Å². The van der Waals surface area contributed by atoms with Crippen LogP contribution in [-0.4, -0.2) is 14.8 Å². The lowest BCUT2D eigenvalue weighted by Crippen LogP contribution is -2.34. The molecule has 0 radical (unpaired) electrons. The van der Waals surface area contributed by atoms with E-state index in [-0.39, 0.29) is 5.54 Å². The van der Waals surface area contributed by atoms with E-state index in [4.69, 9.17) is 11.5 Å². The third kappa shape index (κ3) is 1.29. The Morgan fingerprint density at radius 2 is 2.00 bits per heavy atom. The summed E-state index contributed by atoms with van der Waals surface area (Å²) >= 11 is 0. The second kappa shape index (κ2) is 2.70. The van der Waals surface area contributed by atoms with Crippen LogP contribution in [0.2, 0.25) is 0 Å². The van der Waals surface area contributed by atoms with Gasteiger partial charge in [-0.25, -0.2) is 4.68 Å². The van der Waals surface area contributed by atoms with Gasteiger partial charge in [-0.05, 0) is 12.8 Å². The Morgan fingerprint density at radius 3 is 2.46 bits per heavy atom. The second-order valence-corrected chi connectivity index (χ2v) is 3.78. The molecule has 1 aliphatic carbocycles. The Bertz CT molecular complexity index is 291. The highest BCUT2D eigenvalue weighted by Gasteiger charge is 2.35. The molecule has 0 spiro atoms. The van der Waals surface area contributed by atoms with Gasteiger partial charge in [0.25, 0.3) is 0 Å². The minimum absolute atomic E-state index is 0.324. The number of anilines is 1. The van der Waals surface area contributed by atoms with Crippen LogP contribution in [0.1, 0.15) is 31.5 Å². The van der Waals surface area contributed by atoms with E-state index >= 15 is 0 Å². The molecule has 1 heterocycles. The maximum atomic E-state index is 6.17. The molecule has 0 saturated heterocycles. The third-order valence-electron chi connectivity index (χ3n) is 2.74. The summed E-state index contributed by atoms with van der Waals surface area (Å²) in [7, 11) is 1.78. The molecule has 0 aromatic carbocycles. The maximum absolute atomic E-state index is 6.17. The van der Waals surface area contributed by atoms with Crippen LogP contribution in [0.4, 0.5) is 5.95 Å². The van der Waals surface area contributed by atoms with Gasteiger partial charge in [-0.15, -0.1) is 0 Å². The van der Waals surface area contributed by atoms with Gasteiger partial charge in [-0.1, -0.05) is 12.8 Å². The molecule has 5 heteroatoms. The van der Waals surface area contributed by atoms with Crippen LogP contribution in [0.5, 0.6) is 0 Å². The standard InChI is InChI=1S/C8H15N5/c1-13-7(9)11-6(12-13)8(10)4-2-3-5-8/h2-5,10H2,1H3,(H2,9,11,12). The molecule has 2 rings (SSSR count). The summed E-state index contributed by atoms with van der Waals surface area (Å²) in [5.41, 5.74) is 11.4. The van der Waals surface area contributed by atoms with Crippen molar-refractivity contribution in [1.82, 2.24) is 14.8 Å². The number of aromatic nitrogens is 3. The topological polar surface area (TPSA) is 82.8 Å². The normalized spacial score (nSPS) is 20.8. The van der Waals surface area contributed by atoms with Crippen molar-refractivity contribution in [1.29, 1.82) is 0 Å². The van der Waals surface area contributed by atoms with Crippen molar-refractivity contribution in [2.45, 2.75) is 31.2 Å². The van der Waals surface area contributed by atoms with Crippen molar-refractivity contribution in [2.24, 2.45) is 12.8 Å². The number of aryl methyl sites for hydroxylation is 1. The fraction of sp³-hybridized carbons (Fsp3) is 0.750. The average Bonchev–Trinajstić information content (AvgIpc) is 2.62. The number of hydrogen-bond acceptors (Lipinski definition) is 4. The molecular weight excluding hydrogens is 166 g/mol. The zero-order valence-electron chi connectivity index (χ0n) is 7.82. The van der Waals surface area contributed by atoms with E-state index in [0.717, 1.165) is 25.7 Å². The Hall–Kier alpha value is -1.10. The van der Waals surface area contributed by atoms with Crippen molar-refractivity contribution >= 4 is 5.95 Å². The second-order valence-electron chi connectivity index (χ2n) is 3.78. The number of rotatable bonds is 1. The summed E-state index contributed by atoms with van der Waals surface area (Å²) in [4.78, 5) is 4.17. The number of nitrogen functional groups attached to an aromatic ring is 1. The first-order valence-corrected chi connectivity index (χ1v) is 4.58. The number of nitrogens with zero attached hydrogens (tertiary/aromatic N) is 3. The van der Waals surface area contributed by atoms with Gasteiger partial charge in [0.2, 0.25) is 5.95 Å². The van der Waals surface area contributed by atoms with Crippen LogP contribution >= 0.6 is 0 Å². The van der Waals surface area contributed by atoms with Crippen molar-refractivity contribution in [2.75, 3.05) is 5.73 Å². The number of nitrogens with two attached hydrogens (primary N) is 2. The van der Waals surface area contributed by atoms with E-state index < -0.39 is 0 Å². The summed E-state index contributed by atoms with van der Waals surface area (Å²) in [6, 6.07) is 0. The summed E-state index contributed by atoms with van der Waals surface area (Å²) in [5, 5.41) is 4.22. The fourth-order valence-corrected chi connectivity index (χ4v) is 1.84. The maximum Gasteiger partial charge on any atom is 0.218 e. The molecule has 1 aromatic heterocycles. The molecule has 72 valence electrons. The average molecular weight is 181 g/mol. The highest BCUT2D eigenvalue weighted by molar-refractivity contribution is 5.19. The van der Waals surface area contributed by atoms with Crippen LogP contribution in [0, 0.1) is 0 Å². The molecule has 5 nitrogen and oxygen atoms in total. The lowest BCUT2D eigenvalue weighted by Gasteiger charge is -2.18. The molecule has 0 bridgehead atoms. The molecule has 0 aliphatic heterocycles. The van der Waals surface area contributed by atoms with Crippen molar-refractivity contribution in [3.63, 3.8) is 0 Å². The molecule has 0 atom stereocenters. The van der Waals surface area contributed by atoms with Gasteiger partial charge in [0.05, 0.1) is 5.54 Å². The van der Waals surface area contributed by atoms with Crippen molar-refractivity contribution in [3.05, 3.63) is 5.82 Å². The van der Waals surface area contributed by atoms with Gasteiger partial charge >= 0.3 is 0 Å². The first kappa shape index (κ1) is 8.50. The quantitative estimate of drug-likeness (QED) is 0.645. The molecule has 0 unspecified atom stereocenters. The van der Waals surface area contributed by atoms with Gasteiger partial charge in [-0.2, -0.15) is 10.1 Å². The van der Waals surface area contributed by atoms with Crippen LogP contribution in [0.15, 0.2) is 0 Å². The van der Waals surface area contributed by atoms with Crippen LogP contribution < -0.4 is 11.5 Å². The molecule has 1 aromatic rings. The van der Waals surface area contributed by atoms with Gasteiger partial charge in [0.1, 0.15) is 0 Å². The van der Waals surface area contributed by atoms with E-state index in [0.29, 0.717) is 11.8 Å². The highest BCUT2D eigenvalue weighted by Crippen LogP contribution is 2.34. The van der Waals surface area contributed by atoms with Gasteiger partial charge in [0, 0.05) is 7.05 Å². The zero-order chi connectivity index (χ0) is 9.47. The SMILES string of the molecule is Cn1nc(C2(N)CCCC2)nc1N. The highest BCUT2D eigenvalue weighted by atomic mass is 15.4. The van der Waals surface area contributed by atoms with E-state index in [1.807, 2.05) is 0 Å². The number of hydrogen-bond donors (Lipinski definition) is 2. The van der Waals surface area contributed by atoms with Gasteiger partial charge in [0.15, 0.2) is 5.82 Å². The third-order valence-corrected chi connectivity index (χ3v) is 2.74. The predicted octanol–water partition coefficient (Wildman–Crippen LogP) is 0.125. The van der Waals surface area contributed by atoms with Gasteiger partial charge in [-0.3, -0.25) is 0 Å². The molecule has 0 amide bonds. The molecular formula is C8H15N5. The Kier molecular flexibility index (Phi) is 1.76. The lowest BCUT2D eigenvalue weighted by molar-refractivity contribution is 0.429. The summed E-state index contributed by atoms with van der Waals surface area (Å²) in [6.07, 6.45) is 4.26. The summed E-state index contributed by atoms with van der Waals surface area (Å²) < 4.78 is 1.57. The predicted molar refractivity (Wildman–Crippen MR) is 49.7 cm³/mol. The zero-order valence-corrected chi connectivity index (χ0v) is 7.82. The first-order chi connectivity index (χ1) is 6.12. The Balaban J connectivity index is 2.34. The largest absolute Gasteiger partial charge is 0.368 e.